The van der Waals surface area contributed by atoms with Crippen LogP contribution in [0.4, 0.5) is 8.78 Å². The minimum atomic E-state index is -3.25. The fourth-order valence-electron chi connectivity index (χ4n) is 5.47. The molecule has 174 valence electrons. The Kier molecular flexibility index (Phi) is 7.66. The molecule has 0 radical (unpaired) electrons. The Hall–Kier alpha value is -1.74. The molecular formula is C29H38F2O. The number of halogens is 2. The molecule has 2 aliphatic carbocycles. The molecule has 2 fully saturated rings. The largest absolute Gasteiger partial charge is 0.383 e. The van der Waals surface area contributed by atoms with E-state index >= 15 is 0 Å². The molecule has 4 rings (SSSR count). The van der Waals surface area contributed by atoms with Crippen molar-refractivity contribution in [2.45, 2.75) is 89.6 Å². The molecular weight excluding hydrogens is 402 g/mol. The van der Waals surface area contributed by atoms with Gasteiger partial charge in [0, 0.05) is 0 Å². The van der Waals surface area contributed by atoms with E-state index in [2.05, 4.69) is 38.1 Å². The zero-order valence-corrected chi connectivity index (χ0v) is 19.7. The summed E-state index contributed by atoms with van der Waals surface area (Å²) in [5.74, 6) is 2.79. The van der Waals surface area contributed by atoms with Crippen molar-refractivity contribution >= 4 is 0 Å². The molecule has 0 heterocycles. The van der Waals surface area contributed by atoms with Crippen LogP contribution >= 0.6 is 0 Å². The molecule has 0 aliphatic heterocycles. The van der Waals surface area contributed by atoms with E-state index in [4.69, 9.17) is 4.74 Å². The summed E-state index contributed by atoms with van der Waals surface area (Å²) in [5.41, 5.74) is 3.58. The van der Waals surface area contributed by atoms with Crippen LogP contribution in [0.5, 0.6) is 0 Å². The molecule has 0 saturated heterocycles. The molecule has 0 N–H and O–H groups in total. The summed E-state index contributed by atoms with van der Waals surface area (Å²) in [5, 5.41) is 0. The standard InChI is InChI=1S/C29H38F2O/c1-21-3-9-24(10-4-21)26-13-7-23(8-14-26)19-20-32-29(30,31)28-17-15-27(16-18-28)25-11-5-22(2)6-12-25/h7-8,13-18,21-22,24-25H,3-6,9-12,19-20H2,1-2H3. The zero-order valence-electron chi connectivity index (χ0n) is 19.7. The van der Waals surface area contributed by atoms with Crippen molar-refractivity contribution < 1.29 is 13.5 Å². The first-order valence-corrected chi connectivity index (χ1v) is 12.6. The van der Waals surface area contributed by atoms with E-state index in [0.717, 1.165) is 30.2 Å². The lowest BCUT2D eigenvalue weighted by atomic mass is 9.79. The van der Waals surface area contributed by atoms with E-state index in [1.807, 2.05) is 12.1 Å². The van der Waals surface area contributed by atoms with Crippen molar-refractivity contribution in [1.82, 2.24) is 0 Å². The second-order valence-electron chi connectivity index (χ2n) is 10.4. The van der Waals surface area contributed by atoms with Crippen LogP contribution in [-0.4, -0.2) is 6.61 Å². The van der Waals surface area contributed by atoms with Gasteiger partial charge in [-0.25, -0.2) is 0 Å². The highest BCUT2D eigenvalue weighted by molar-refractivity contribution is 5.28. The molecule has 0 atom stereocenters. The van der Waals surface area contributed by atoms with Crippen molar-refractivity contribution in [2.24, 2.45) is 11.8 Å². The van der Waals surface area contributed by atoms with Gasteiger partial charge in [-0.2, -0.15) is 8.78 Å². The predicted octanol–water partition coefficient (Wildman–Crippen LogP) is 8.58. The third kappa shape index (κ3) is 5.98. The van der Waals surface area contributed by atoms with Gasteiger partial charge in [-0.3, -0.25) is 0 Å². The first-order valence-electron chi connectivity index (χ1n) is 12.6. The molecule has 32 heavy (non-hydrogen) atoms. The molecule has 1 nitrogen and oxygen atoms in total. The SMILES string of the molecule is CC1CCC(c2ccc(CCOC(F)(F)c3ccc(C4CCC(C)CC4)cc3)cc2)CC1. The number of rotatable bonds is 7. The fourth-order valence-corrected chi connectivity index (χ4v) is 5.47. The second kappa shape index (κ2) is 10.5. The van der Waals surface area contributed by atoms with Gasteiger partial charge in [0.25, 0.3) is 0 Å². The smallest absolute Gasteiger partial charge is 0.316 e. The Morgan fingerprint density at radius 2 is 1.12 bits per heavy atom. The lowest BCUT2D eigenvalue weighted by Crippen LogP contribution is -2.20. The number of benzene rings is 2. The van der Waals surface area contributed by atoms with Crippen LogP contribution in [0.15, 0.2) is 48.5 Å². The van der Waals surface area contributed by atoms with Crippen molar-refractivity contribution in [2.75, 3.05) is 6.61 Å². The van der Waals surface area contributed by atoms with Crippen LogP contribution in [0.25, 0.3) is 0 Å². The summed E-state index contributed by atoms with van der Waals surface area (Å²) in [6, 6.07) is 15.4. The molecule has 3 heteroatoms. The maximum Gasteiger partial charge on any atom is 0.383 e. The van der Waals surface area contributed by atoms with Crippen LogP contribution in [-0.2, 0) is 17.3 Å². The normalized spacial score (nSPS) is 26.8. The lowest BCUT2D eigenvalue weighted by Gasteiger charge is -2.27. The Morgan fingerprint density at radius 1 is 0.688 bits per heavy atom. The van der Waals surface area contributed by atoms with Gasteiger partial charge >= 0.3 is 6.11 Å². The summed E-state index contributed by atoms with van der Waals surface area (Å²) in [7, 11) is 0. The van der Waals surface area contributed by atoms with Gasteiger partial charge in [0.2, 0.25) is 0 Å². The Balaban J connectivity index is 1.26. The summed E-state index contributed by atoms with van der Waals surface area (Å²) in [6.07, 6.45) is 7.14. The molecule has 2 aromatic rings. The minimum Gasteiger partial charge on any atom is -0.316 e. The first kappa shape index (κ1) is 23.4. The highest BCUT2D eigenvalue weighted by Gasteiger charge is 2.33. The quantitative estimate of drug-likeness (QED) is 0.419. The summed E-state index contributed by atoms with van der Waals surface area (Å²) in [6.45, 7) is 4.64. The average molecular weight is 441 g/mol. The molecule has 0 amide bonds. The number of hydrogen-bond acceptors (Lipinski definition) is 1. The maximum atomic E-state index is 14.6. The van der Waals surface area contributed by atoms with Crippen LogP contribution < -0.4 is 0 Å². The zero-order chi connectivity index (χ0) is 22.6. The van der Waals surface area contributed by atoms with E-state index in [9.17, 15) is 8.78 Å². The second-order valence-corrected chi connectivity index (χ2v) is 10.4. The Bertz CT molecular complexity index is 826. The van der Waals surface area contributed by atoms with Crippen molar-refractivity contribution in [1.29, 1.82) is 0 Å². The van der Waals surface area contributed by atoms with Crippen LogP contribution in [0.2, 0.25) is 0 Å². The van der Waals surface area contributed by atoms with E-state index in [0.29, 0.717) is 18.3 Å². The predicted molar refractivity (Wildman–Crippen MR) is 127 cm³/mol. The monoisotopic (exact) mass is 440 g/mol. The molecule has 0 unspecified atom stereocenters. The summed E-state index contributed by atoms with van der Waals surface area (Å²) in [4.78, 5) is 0. The maximum absolute atomic E-state index is 14.6. The molecule has 0 bridgehead atoms. The molecule has 0 spiro atoms. The van der Waals surface area contributed by atoms with E-state index < -0.39 is 6.11 Å². The summed E-state index contributed by atoms with van der Waals surface area (Å²) >= 11 is 0. The van der Waals surface area contributed by atoms with Crippen LogP contribution in [0, 0.1) is 11.8 Å². The van der Waals surface area contributed by atoms with Gasteiger partial charge in [0.05, 0.1) is 12.2 Å². The lowest BCUT2D eigenvalue weighted by molar-refractivity contribution is -0.248. The highest BCUT2D eigenvalue weighted by atomic mass is 19.3. The first-order chi connectivity index (χ1) is 15.4. The molecule has 0 aromatic heterocycles. The van der Waals surface area contributed by atoms with Crippen molar-refractivity contribution in [3.8, 4) is 0 Å². The van der Waals surface area contributed by atoms with E-state index in [1.165, 1.54) is 49.7 Å². The molecule has 2 saturated carbocycles. The van der Waals surface area contributed by atoms with E-state index in [1.54, 1.807) is 12.1 Å². The van der Waals surface area contributed by atoms with Gasteiger partial charge in [0.15, 0.2) is 0 Å². The van der Waals surface area contributed by atoms with E-state index in [-0.39, 0.29) is 12.2 Å². The number of ether oxygens (including phenoxy) is 1. The summed E-state index contributed by atoms with van der Waals surface area (Å²) < 4.78 is 34.2. The van der Waals surface area contributed by atoms with Crippen molar-refractivity contribution in [3.63, 3.8) is 0 Å². The van der Waals surface area contributed by atoms with Gasteiger partial charge < -0.3 is 4.74 Å². The third-order valence-electron chi connectivity index (χ3n) is 7.88. The van der Waals surface area contributed by atoms with Crippen LogP contribution in [0.1, 0.15) is 99.3 Å². The van der Waals surface area contributed by atoms with Crippen molar-refractivity contribution in [3.05, 3.63) is 70.8 Å². The molecule has 2 aromatic carbocycles. The van der Waals surface area contributed by atoms with Crippen LogP contribution in [0.3, 0.4) is 0 Å². The number of hydrogen-bond donors (Lipinski definition) is 0. The Morgan fingerprint density at radius 3 is 1.59 bits per heavy atom. The van der Waals surface area contributed by atoms with Gasteiger partial charge in [-0.05, 0) is 72.5 Å². The third-order valence-corrected chi connectivity index (χ3v) is 7.88. The Labute approximate surface area is 192 Å². The van der Waals surface area contributed by atoms with Gasteiger partial charge in [-0.1, -0.05) is 88.1 Å². The topological polar surface area (TPSA) is 9.23 Å². The average Bonchev–Trinajstić information content (AvgIpc) is 2.81. The molecule has 2 aliphatic rings. The number of alkyl halides is 2. The van der Waals surface area contributed by atoms with Gasteiger partial charge in [-0.15, -0.1) is 0 Å². The van der Waals surface area contributed by atoms with Gasteiger partial charge in [0.1, 0.15) is 0 Å². The minimum absolute atomic E-state index is 0.00948. The highest BCUT2D eigenvalue weighted by Crippen LogP contribution is 2.38. The fraction of sp³-hybridized carbons (Fsp3) is 0.586.